The molecule has 0 aliphatic heterocycles. The van der Waals surface area contributed by atoms with E-state index in [-0.39, 0.29) is 11.7 Å². The number of nitrogen functional groups attached to an aromatic ring is 1. The molecule has 3 aromatic rings. The van der Waals surface area contributed by atoms with Crippen LogP contribution in [0.3, 0.4) is 0 Å². The third kappa shape index (κ3) is 4.88. The molecule has 0 atom stereocenters. The number of aromatic nitrogens is 1. The first-order valence-corrected chi connectivity index (χ1v) is 9.43. The summed E-state index contributed by atoms with van der Waals surface area (Å²) in [6.07, 6.45) is 2.05. The number of para-hydroxylation sites is 1. The highest BCUT2D eigenvalue weighted by atomic mass is 16.5. The molecule has 0 saturated carbocycles. The van der Waals surface area contributed by atoms with Gasteiger partial charge in [0, 0.05) is 12.2 Å². The van der Waals surface area contributed by atoms with Crippen LogP contribution in [0.25, 0.3) is 0 Å². The lowest BCUT2D eigenvalue weighted by Gasteiger charge is -2.11. The standard InChI is InChI=1S/C23H25N3O2/c1-3-6-18-7-4-5-8-21(18)28-19-12-10-17(11-13-19)15-25-23(27)20-14-9-16(2)26-22(20)24/h4-5,7-14H,3,6,15H2,1-2H3,(H2,24,26)(H,25,27). The van der Waals surface area contributed by atoms with Crippen molar-refractivity contribution in [2.45, 2.75) is 33.2 Å². The summed E-state index contributed by atoms with van der Waals surface area (Å²) in [5.74, 6) is 1.66. The third-order valence-electron chi connectivity index (χ3n) is 4.40. The Morgan fingerprint density at radius 2 is 1.82 bits per heavy atom. The predicted molar refractivity (Wildman–Crippen MR) is 112 cm³/mol. The maximum absolute atomic E-state index is 12.3. The zero-order valence-corrected chi connectivity index (χ0v) is 16.2. The lowest BCUT2D eigenvalue weighted by Crippen LogP contribution is -2.24. The van der Waals surface area contributed by atoms with E-state index in [4.69, 9.17) is 10.5 Å². The van der Waals surface area contributed by atoms with Gasteiger partial charge in [-0.25, -0.2) is 4.98 Å². The van der Waals surface area contributed by atoms with E-state index in [1.54, 1.807) is 12.1 Å². The fourth-order valence-electron chi connectivity index (χ4n) is 2.93. The van der Waals surface area contributed by atoms with Crippen molar-refractivity contribution in [1.82, 2.24) is 10.3 Å². The minimum Gasteiger partial charge on any atom is -0.457 e. The minimum absolute atomic E-state index is 0.237. The highest BCUT2D eigenvalue weighted by Gasteiger charge is 2.10. The predicted octanol–water partition coefficient (Wildman–Crippen LogP) is 4.65. The summed E-state index contributed by atoms with van der Waals surface area (Å²) in [5, 5.41) is 2.87. The van der Waals surface area contributed by atoms with Crippen molar-refractivity contribution in [2.24, 2.45) is 0 Å². The van der Waals surface area contributed by atoms with Gasteiger partial charge in [0.05, 0.1) is 5.56 Å². The molecule has 1 aromatic heterocycles. The summed E-state index contributed by atoms with van der Waals surface area (Å²) in [4.78, 5) is 16.4. The molecule has 1 amide bonds. The highest BCUT2D eigenvalue weighted by molar-refractivity contribution is 5.98. The highest BCUT2D eigenvalue weighted by Crippen LogP contribution is 2.26. The molecule has 0 unspecified atom stereocenters. The first-order valence-electron chi connectivity index (χ1n) is 9.43. The second-order valence-electron chi connectivity index (χ2n) is 6.67. The van der Waals surface area contributed by atoms with Gasteiger partial charge in [-0.3, -0.25) is 4.79 Å². The molecule has 2 aromatic carbocycles. The second kappa shape index (κ2) is 9.04. The number of rotatable bonds is 7. The van der Waals surface area contributed by atoms with Crippen LogP contribution in [0.2, 0.25) is 0 Å². The van der Waals surface area contributed by atoms with Crippen LogP contribution in [0.5, 0.6) is 11.5 Å². The zero-order valence-electron chi connectivity index (χ0n) is 16.2. The molecular weight excluding hydrogens is 350 g/mol. The van der Waals surface area contributed by atoms with Gasteiger partial charge in [-0.05, 0) is 54.8 Å². The number of benzene rings is 2. The van der Waals surface area contributed by atoms with Crippen molar-refractivity contribution in [3.05, 3.63) is 83.0 Å². The number of pyridine rings is 1. The maximum atomic E-state index is 12.3. The van der Waals surface area contributed by atoms with Crippen LogP contribution in [0.4, 0.5) is 5.82 Å². The molecule has 0 radical (unpaired) electrons. The van der Waals surface area contributed by atoms with E-state index < -0.39 is 0 Å². The Morgan fingerprint density at radius 3 is 2.54 bits per heavy atom. The smallest absolute Gasteiger partial charge is 0.255 e. The van der Waals surface area contributed by atoms with E-state index in [9.17, 15) is 4.79 Å². The van der Waals surface area contributed by atoms with E-state index >= 15 is 0 Å². The fourth-order valence-corrected chi connectivity index (χ4v) is 2.93. The molecule has 0 aliphatic rings. The second-order valence-corrected chi connectivity index (χ2v) is 6.67. The Morgan fingerprint density at radius 1 is 1.07 bits per heavy atom. The van der Waals surface area contributed by atoms with Gasteiger partial charge in [0.1, 0.15) is 17.3 Å². The lowest BCUT2D eigenvalue weighted by molar-refractivity contribution is 0.0951. The topological polar surface area (TPSA) is 77.2 Å². The van der Waals surface area contributed by atoms with Gasteiger partial charge < -0.3 is 15.8 Å². The number of hydrogen-bond acceptors (Lipinski definition) is 4. The monoisotopic (exact) mass is 375 g/mol. The molecule has 0 bridgehead atoms. The van der Waals surface area contributed by atoms with Gasteiger partial charge in [0.25, 0.3) is 5.91 Å². The first kappa shape index (κ1) is 19.4. The number of nitrogens with zero attached hydrogens (tertiary/aromatic N) is 1. The van der Waals surface area contributed by atoms with Crippen LogP contribution in [0, 0.1) is 6.92 Å². The van der Waals surface area contributed by atoms with Crippen LogP contribution in [0.15, 0.2) is 60.7 Å². The number of nitrogens with two attached hydrogens (primary N) is 1. The van der Waals surface area contributed by atoms with Gasteiger partial charge in [-0.1, -0.05) is 43.7 Å². The van der Waals surface area contributed by atoms with Crippen molar-refractivity contribution in [1.29, 1.82) is 0 Å². The van der Waals surface area contributed by atoms with Crippen molar-refractivity contribution in [3.8, 4) is 11.5 Å². The maximum Gasteiger partial charge on any atom is 0.255 e. The van der Waals surface area contributed by atoms with E-state index in [0.29, 0.717) is 12.1 Å². The summed E-state index contributed by atoms with van der Waals surface area (Å²) >= 11 is 0. The number of nitrogens with one attached hydrogen (secondary N) is 1. The Hall–Kier alpha value is -3.34. The Labute approximate surface area is 165 Å². The molecule has 28 heavy (non-hydrogen) atoms. The molecule has 3 rings (SSSR count). The van der Waals surface area contributed by atoms with E-state index in [2.05, 4.69) is 23.3 Å². The van der Waals surface area contributed by atoms with Gasteiger partial charge in [0.15, 0.2) is 0 Å². The number of carbonyl (C=O) groups excluding carboxylic acids is 1. The number of ether oxygens (including phenoxy) is 1. The van der Waals surface area contributed by atoms with Gasteiger partial charge in [0.2, 0.25) is 0 Å². The van der Waals surface area contributed by atoms with E-state index in [0.717, 1.165) is 35.6 Å². The summed E-state index contributed by atoms with van der Waals surface area (Å²) in [6, 6.07) is 19.2. The average molecular weight is 375 g/mol. The molecule has 3 N–H and O–H groups in total. The summed E-state index contributed by atoms with van der Waals surface area (Å²) < 4.78 is 6.03. The van der Waals surface area contributed by atoms with Crippen LogP contribution in [-0.4, -0.2) is 10.9 Å². The van der Waals surface area contributed by atoms with Crippen molar-refractivity contribution in [2.75, 3.05) is 5.73 Å². The summed E-state index contributed by atoms with van der Waals surface area (Å²) in [6.45, 7) is 4.39. The van der Waals surface area contributed by atoms with Gasteiger partial charge in [-0.15, -0.1) is 0 Å². The molecule has 144 valence electrons. The molecule has 0 saturated heterocycles. The van der Waals surface area contributed by atoms with Crippen LogP contribution < -0.4 is 15.8 Å². The lowest BCUT2D eigenvalue weighted by atomic mass is 10.1. The molecule has 1 heterocycles. The fraction of sp³-hybridized carbons (Fsp3) is 0.217. The number of aryl methyl sites for hydroxylation is 2. The average Bonchev–Trinajstić information content (AvgIpc) is 2.69. The Kier molecular flexibility index (Phi) is 6.27. The minimum atomic E-state index is -0.237. The molecule has 5 nitrogen and oxygen atoms in total. The number of hydrogen-bond donors (Lipinski definition) is 2. The van der Waals surface area contributed by atoms with Crippen molar-refractivity contribution in [3.63, 3.8) is 0 Å². The number of carbonyl (C=O) groups is 1. The normalized spacial score (nSPS) is 10.5. The van der Waals surface area contributed by atoms with Crippen LogP contribution in [0.1, 0.15) is 40.5 Å². The number of anilines is 1. The SMILES string of the molecule is CCCc1ccccc1Oc1ccc(CNC(=O)c2ccc(C)nc2N)cc1. The Balaban J connectivity index is 1.61. The summed E-state index contributed by atoms with van der Waals surface area (Å²) in [5.41, 5.74) is 9.17. The van der Waals surface area contributed by atoms with Crippen LogP contribution in [-0.2, 0) is 13.0 Å². The molecule has 0 spiro atoms. The molecular formula is C23H25N3O2. The van der Waals surface area contributed by atoms with Crippen molar-refractivity contribution >= 4 is 11.7 Å². The molecule has 0 fully saturated rings. The zero-order chi connectivity index (χ0) is 19.9. The third-order valence-corrected chi connectivity index (χ3v) is 4.40. The quantitative estimate of drug-likeness (QED) is 0.630. The summed E-state index contributed by atoms with van der Waals surface area (Å²) in [7, 11) is 0. The Bertz CT molecular complexity index is 952. The molecule has 0 aliphatic carbocycles. The van der Waals surface area contributed by atoms with Gasteiger partial charge in [-0.2, -0.15) is 0 Å². The van der Waals surface area contributed by atoms with Crippen LogP contribution >= 0.6 is 0 Å². The van der Waals surface area contributed by atoms with Crippen molar-refractivity contribution < 1.29 is 9.53 Å². The largest absolute Gasteiger partial charge is 0.457 e. The first-order chi connectivity index (χ1) is 13.6. The van der Waals surface area contributed by atoms with Gasteiger partial charge >= 0.3 is 0 Å². The van der Waals surface area contributed by atoms with E-state index in [1.807, 2.05) is 49.4 Å². The molecule has 5 heteroatoms. The van der Waals surface area contributed by atoms with E-state index in [1.165, 1.54) is 5.56 Å². The number of amides is 1.